The summed E-state index contributed by atoms with van der Waals surface area (Å²) in [6, 6.07) is 13.0. The zero-order chi connectivity index (χ0) is 22.0. The third kappa shape index (κ3) is 3.83. The minimum atomic E-state index is -0.447. The molecule has 0 bridgehead atoms. The first-order valence-corrected chi connectivity index (χ1v) is 9.44. The second-order valence-corrected chi connectivity index (χ2v) is 6.84. The van der Waals surface area contributed by atoms with E-state index in [4.69, 9.17) is 9.47 Å². The number of ether oxygens (including phenoxy) is 2. The molecule has 0 saturated heterocycles. The zero-order valence-corrected chi connectivity index (χ0v) is 16.9. The summed E-state index contributed by atoms with van der Waals surface area (Å²) in [7, 11) is 3.02. The number of aromatic nitrogens is 1. The molecule has 2 heterocycles. The van der Waals surface area contributed by atoms with Gasteiger partial charge in [0.1, 0.15) is 11.5 Å². The van der Waals surface area contributed by atoms with Crippen molar-refractivity contribution in [1.82, 2.24) is 9.88 Å². The topological polar surface area (TPSA) is 97.8 Å². The lowest BCUT2D eigenvalue weighted by atomic mass is 10.1. The highest BCUT2D eigenvalue weighted by molar-refractivity contribution is 6.22. The van der Waals surface area contributed by atoms with Crippen LogP contribution in [0.5, 0.6) is 11.5 Å². The second-order valence-electron chi connectivity index (χ2n) is 6.84. The van der Waals surface area contributed by atoms with Crippen LogP contribution in [0.1, 0.15) is 36.6 Å². The molecule has 0 saturated carbocycles. The van der Waals surface area contributed by atoms with E-state index in [9.17, 15) is 14.4 Å². The van der Waals surface area contributed by atoms with Crippen molar-refractivity contribution in [3.05, 3.63) is 83.2 Å². The maximum atomic E-state index is 12.8. The van der Waals surface area contributed by atoms with Crippen LogP contribution in [0.15, 0.2) is 60.9 Å². The summed E-state index contributed by atoms with van der Waals surface area (Å²) in [6.45, 7) is 0.114. The van der Waals surface area contributed by atoms with E-state index in [1.807, 2.05) is 0 Å². The van der Waals surface area contributed by atoms with Crippen molar-refractivity contribution in [2.45, 2.75) is 6.54 Å². The lowest BCUT2D eigenvalue weighted by Gasteiger charge is -2.13. The number of carbonyl (C=O) groups excluding carboxylic acids is 3. The van der Waals surface area contributed by atoms with Gasteiger partial charge in [0.05, 0.1) is 37.6 Å². The van der Waals surface area contributed by atoms with Gasteiger partial charge in [-0.1, -0.05) is 6.07 Å². The molecular formula is C23H19N3O5. The van der Waals surface area contributed by atoms with Crippen LogP contribution in [0.4, 0.5) is 5.69 Å². The Balaban J connectivity index is 1.58. The highest BCUT2D eigenvalue weighted by atomic mass is 16.5. The first-order valence-electron chi connectivity index (χ1n) is 9.44. The molecule has 0 atom stereocenters. The van der Waals surface area contributed by atoms with Gasteiger partial charge in [0, 0.05) is 24.0 Å². The van der Waals surface area contributed by atoms with Crippen LogP contribution in [-0.2, 0) is 6.54 Å². The largest absolute Gasteiger partial charge is 0.497 e. The molecule has 8 heteroatoms. The quantitative estimate of drug-likeness (QED) is 0.619. The van der Waals surface area contributed by atoms with Gasteiger partial charge in [-0.15, -0.1) is 0 Å². The molecule has 8 nitrogen and oxygen atoms in total. The molecule has 1 aromatic heterocycles. The number of methoxy groups -OCH3 is 2. The average molecular weight is 417 g/mol. The van der Waals surface area contributed by atoms with Gasteiger partial charge in [0.25, 0.3) is 17.7 Å². The maximum absolute atomic E-state index is 12.8. The van der Waals surface area contributed by atoms with Crippen molar-refractivity contribution in [2.75, 3.05) is 19.5 Å². The minimum absolute atomic E-state index is 0.114. The van der Waals surface area contributed by atoms with Crippen LogP contribution < -0.4 is 14.8 Å². The first kappa shape index (κ1) is 20.1. The van der Waals surface area contributed by atoms with Crippen molar-refractivity contribution in [2.24, 2.45) is 0 Å². The van der Waals surface area contributed by atoms with E-state index < -0.39 is 17.7 Å². The Kier molecular flexibility index (Phi) is 5.36. The van der Waals surface area contributed by atoms with Crippen LogP contribution in [0.25, 0.3) is 0 Å². The number of imide groups is 1. The maximum Gasteiger partial charge on any atom is 0.261 e. The lowest BCUT2D eigenvalue weighted by Crippen LogP contribution is -2.29. The van der Waals surface area contributed by atoms with E-state index in [-0.39, 0.29) is 23.2 Å². The fourth-order valence-electron chi connectivity index (χ4n) is 3.36. The standard InChI is InChI=1S/C23H19N3O5/c1-30-16-6-8-20(31-2)19(11-16)25-21(27)15-5-7-17-18(10-15)23(29)26(22(17)28)13-14-4-3-9-24-12-14/h3-12H,13H2,1-2H3,(H,25,27). The Morgan fingerprint density at radius 3 is 2.52 bits per heavy atom. The number of nitrogens with zero attached hydrogens (tertiary/aromatic N) is 2. The van der Waals surface area contributed by atoms with Gasteiger partial charge in [0.15, 0.2) is 0 Å². The Morgan fingerprint density at radius 2 is 1.81 bits per heavy atom. The Labute approximate surface area is 178 Å². The van der Waals surface area contributed by atoms with E-state index in [0.29, 0.717) is 17.2 Å². The van der Waals surface area contributed by atoms with Gasteiger partial charge in [-0.05, 0) is 42.0 Å². The van der Waals surface area contributed by atoms with E-state index in [2.05, 4.69) is 10.3 Å². The fraction of sp³-hybridized carbons (Fsp3) is 0.130. The normalized spacial score (nSPS) is 12.5. The fourth-order valence-corrected chi connectivity index (χ4v) is 3.36. The van der Waals surface area contributed by atoms with Gasteiger partial charge >= 0.3 is 0 Å². The average Bonchev–Trinajstić information content (AvgIpc) is 3.04. The SMILES string of the molecule is COc1ccc(OC)c(NC(=O)c2ccc3c(c2)C(=O)N(Cc2cccnc2)C3=O)c1. The molecule has 3 amide bonds. The van der Waals surface area contributed by atoms with Gasteiger partial charge < -0.3 is 14.8 Å². The monoisotopic (exact) mass is 417 g/mol. The smallest absolute Gasteiger partial charge is 0.261 e. The highest BCUT2D eigenvalue weighted by Crippen LogP contribution is 2.30. The second kappa shape index (κ2) is 8.27. The summed E-state index contributed by atoms with van der Waals surface area (Å²) < 4.78 is 10.5. The van der Waals surface area contributed by atoms with Gasteiger partial charge in [-0.25, -0.2) is 0 Å². The molecule has 4 rings (SSSR count). The lowest BCUT2D eigenvalue weighted by molar-refractivity contribution is 0.0642. The Hall–Kier alpha value is -4.20. The number of amides is 3. The Morgan fingerprint density at radius 1 is 1.00 bits per heavy atom. The van der Waals surface area contributed by atoms with Crippen molar-refractivity contribution in [1.29, 1.82) is 0 Å². The van der Waals surface area contributed by atoms with Gasteiger partial charge in [-0.3, -0.25) is 24.3 Å². The summed E-state index contributed by atoms with van der Waals surface area (Å²) in [6.07, 6.45) is 3.22. The molecule has 1 N–H and O–H groups in total. The van der Waals surface area contributed by atoms with Crippen LogP contribution >= 0.6 is 0 Å². The molecule has 3 aromatic rings. The number of benzene rings is 2. The number of rotatable bonds is 6. The zero-order valence-electron chi connectivity index (χ0n) is 16.9. The molecule has 156 valence electrons. The van der Waals surface area contributed by atoms with Crippen molar-refractivity contribution in [3.8, 4) is 11.5 Å². The molecular weight excluding hydrogens is 398 g/mol. The third-order valence-corrected chi connectivity index (χ3v) is 4.95. The van der Waals surface area contributed by atoms with Crippen LogP contribution in [-0.4, -0.2) is 41.8 Å². The summed E-state index contributed by atoms with van der Waals surface area (Å²) in [5.41, 5.74) is 1.87. The number of fused-ring (bicyclic) bond motifs is 1. The van der Waals surface area contributed by atoms with Crippen molar-refractivity contribution in [3.63, 3.8) is 0 Å². The highest BCUT2D eigenvalue weighted by Gasteiger charge is 2.36. The summed E-state index contributed by atoms with van der Waals surface area (Å²) >= 11 is 0. The molecule has 2 aromatic carbocycles. The van der Waals surface area contributed by atoms with Gasteiger partial charge in [-0.2, -0.15) is 0 Å². The molecule has 0 fully saturated rings. The molecule has 31 heavy (non-hydrogen) atoms. The number of carbonyl (C=O) groups is 3. The van der Waals surface area contributed by atoms with E-state index in [1.165, 1.54) is 32.4 Å². The number of hydrogen-bond acceptors (Lipinski definition) is 6. The van der Waals surface area contributed by atoms with Crippen molar-refractivity contribution >= 4 is 23.4 Å². The predicted molar refractivity (Wildman–Crippen MR) is 112 cm³/mol. The minimum Gasteiger partial charge on any atom is -0.497 e. The first-order chi connectivity index (χ1) is 15.0. The van der Waals surface area contributed by atoms with Gasteiger partial charge in [0.2, 0.25) is 0 Å². The van der Waals surface area contributed by atoms with Crippen LogP contribution in [0, 0.1) is 0 Å². The van der Waals surface area contributed by atoms with Crippen LogP contribution in [0.2, 0.25) is 0 Å². The molecule has 0 radical (unpaired) electrons. The molecule has 0 spiro atoms. The molecule has 1 aliphatic rings. The molecule has 0 aliphatic carbocycles. The predicted octanol–water partition coefficient (Wildman–Crippen LogP) is 3.15. The van der Waals surface area contributed by atoms with E-state index in [1.54, 1.807) is 42.7 Å². The van der Waals surface area contributed by atoms with E-state index >= 15 is 0 Å². The van der Waals surface area contributed by atoms with Crippen molar-refractivity contribution < 1.29 is 23.9 Å². The number of nitrogens with one attached hydrogen (secondary N) is 1. The number of hydrogen-bond donors (Lipinski definition) is 1. The third-order valence-electron chi connectivity index (χ3n) is 4.95. The van der Waals surface area contributed by atoms with E-state index in [0.717, 1.165) is 10.5 Å². The number of anilines is 1. The number of pyridine rings is 1. The summed E-state index contributed by atoms with van der Waals surface area (Å²) in [5.74, 6) is -0.274. The molecule has 0 unspecified atom stereocenters. The Bertz CT molecular complexity index is 1180. The summed E-state index contributed by atoms with van der Waals surface area (Å²) in [5, 5.41) is 2.76. The summed E-state index contributed by atoms with van der Waals surface area (Å²) in [4.78, 5) is 43.5. The van der Waals surface area contributed by atoms with Crippen LogP contribution in [0.3, 0.4) is 0 Å². The molecule has 1 aliphatic heterocycles.